The van der Waals surface area contributed by atoms with Gasteiger partial charge in [-0.2, -0.15) is 52.7 Å². The Morgan fingerprint density at radius 2 is 0.647 bits per heavy atom. The molecule has 0 N–H and O–H groups in total. The predicted octanol–water partition coefficient (Wildman–Crippen LogP) is 8.06. The quantitative estimate of drug-likeness (QED) is 0.268. The average molecular weight is 510 g/mol. The fourth-order valence-corrected chi connectivity index (χ4v) is 3.06. The molecule has 0 spiro atoms. The van der Waals surface area contributed by atoms with Gasteiger partial charge in [-0.25, -0.2) is 0 Å². The summed E-state index contributed by atoms with van der Waals surface area (Å²) < 4.78 is 168. The summed E-state index contributed by atoms with van der Waals surface area (Å²) in [6.07, 6.45) is -6.28. The minimum Gasteiger partial charge on any atom is -0.200 e. The highest BCUT2D eigenvalue weighted by Crippen LogP contribution is 2.61. The van der Waals surface area contributed by atoms with Crippen molar-refractivity contribution in [3.05, 3.63) is 71.8 Å². The molecule has 0 unspecified atom stereocenters. The van der Waals surface area contributed by atoms with Crippen molar-refractivity contribution in [3.63, 3.8) is 0 Å². The van der Waals surface area contributed by atoms with E-state index in [0.717, 1.165) is 24.3 Å². The Balaban J connectivity index is 2.30. The van der Waals surface area contributed by atoms with Crippen LogP contribution < -0.4 is 0 Å². The van der Waals surface area contributed by atoms with E-state index in [1.165, 1.54) is 36.4 Å². The zero-order valence-electron chi connectivity index (χ0n) is 17.1. The van der Waals surface area contributed by atoms with Gasteiger partial charge in [-0.1, -0.05) is 60.7 Å². The van der Waals surface area contributed by atoms with Crippen LogP contribution in [0.2, 0.25) is 0 Å². The third-order valence-corrected chi connectivity index (χ3v) is 5.24. The molecule has 0 aliphatic carbocycles. The molecule has 2 aromatic rings. The van der Waals surface area contributed by atoms with E-state index in [1.54, 1.807) is 0 Å². The molecule has 0 saturated carbocycles. The van der Waals surface area contributed by atoms with Crippen LogP contribution in [0.15, 0.2) is 60.7 Å². The lowest BCUT2D eigenvalue weighted by atomic mass is 9.88. The second-order valence-corrected chi connectivity index (χ2v) is 7.68. The highest BCUT2D eigenvalue weighted by Gasteiger charge is 2.89. The number of hydrogen-bond acceptors (Lipinski definition) is 0. The van der Waals surface area contributed by atoms with Gasteiger partial charge in [0, 0.05) is 12.8 Å². The predicted molar refractivity (Wildman–Crippen MR) is 99.2 cm³/mol. The standard InChI is InChI=1S/C22H18F12/c23-17(24,13-11-15-7-3-1-4-8-15)19(27,28)21(31,32)22(33,34)20(29,30)18(25,26)14-12-16-9-5-2-6-10-16/h1-10H,11-14H2. The van der Waals surface area contributed by atoms with Crippen LogP contribution in [0.1, 0.15) is 24.0 Å². The Bertz CT molecular complexity index is 846. The molecule has 12 heteroatoms. The molecule has 2 rings (SSSR count). The van der Waals surface area contributed by atoms with Gasteiger partial charge >= 0.3 is 35.5 Å². The molecule has 0 aliphatic heterocycles. The average Bonchev–Trinajstić information content (AvgIpc) is 2.77. The molecule has 0 atom stereocenters. The van der Waals surface area contributed by atoms with Gasteiger partial charge in [-0.15, -0.1) is 0 Å². The summed E-state index contributed by atoms with van der Waals surface area (Å²) in [6.45, 7) is 0. The number of alkyl halides is 12. The van der Waals surface area contributed by atoms with Crippen LogP contribution in [0.4, 0.5) is 52.7 Å². The Kier molecular flexibility index (Phi) is 7.64. The summed E-state index contributed by atoms with van der Waals surface area (Å²) in [5.74, 6) is -41.1. The molecule has 2 aromatic carbocycles. The van der Waals surface area contributed by atoms with Gasteiger partial charge in [0.15, 0.2) is 0 Å². The molecule has 0 heterocycles. The van der Waals surface area contributed by atoms with E-state index in [0.29, 0.717) is 0 Å². The van der Waals surface area contributed by atoms with E-state index in [-0.39, 0.29) is 11.1 Å². The van der Waals surface area contributed by atoms with E-state index in [1.807, 2.05) is 0 Å². The minimum absolute atomic E-state index is 0.0640. The van der Waals surface area contributed by atoms with Crippen LogP contribution in [0.25, 0.3) is 0 Å². The first-order valence-electron chi connectivity index (χ1n) is 9.75. The Hall–Kier alpha value is -2.40. The van der Waals surface area contributed by atoms with Crippen molar-refractivity contribution in [2.24, 2.45) is 0 Å². The van der Waals surface area contributed by atoms with Gasteiger partial charge in [-0.05, 0) is 24.0 Å². The summed E-state index contributed by atoms with van der Waals surface area (Å²) in [7, 11) is 0. The van der Waals surface area contributed by atoms with E-state index >= 15 is 0 Å². The second-order valence-electron chi connectivity index (χ2n) is 7.68. The van der Waals surface area contributed by atoms with E-state index in [9.17, 15) is 52.7 Å². The first-order valence-corrected chi connectivity index (χ1v) is 9.75. The lowest BCUT2D eigenvalue weighted by Gasteiger charge is -2.41. The van der Waals surface area contributed by atoms with Crippen molar-refractivity contribution >= 4 is 0 Å². The molecule has 0 nitrogen and oxygen atoms in total. The molecule has 0 saturated heterocycles. The first kappa shape index (κ1) is 27.8. The summed E-state index contributed by atoms with van der Waals surface area (Å²) in [5.41, 5.74) is -0.128. The van der Waals surface area contributed by atoms with Crippen LogP contribution in [0.3, 0.4) is 0 Å². The van der Waals surface area contributed by atoms with Crippen LogP contribution in [-0.2, 0) is 12.8 Å². The summed E-state index contributed by atoms with van der Waals surface area (Å²) >= 11 is 0. The van der Waals surface area contributed by atoms with Gasteiger partial charge in [-0.3, -0.25) is 0 Å². The van der Waals surface area contributed by atoms with Crippen LogP contribution in [0, 0.1) is 0 Å². The number of rotatable bonds is 11. The zero-order valence-corrected chi connectivity index (χ0v) is 17.1. The van der Waals surface area contributed by atoms with E-state index in [4.69, 9.17) is 0 Å². The van der Waals surface area contributed by atoms with Crippen LogP contribution in [-0.4, -0.2) is 35.5 Å². The second kappa shape index (κ2) is 9.33. The molecule has 0 aliphatic rings. The van der Waals surface area contributed by atoms with Gasteiger partial charge in [0.05, 0.1) is 0 Å². The summed E-state index contributed by atoms with van der Waals surface area (Å²) in [5, 5.41) is 0. The monoisotopic (exact) mass is 510 g/mol. The Labute approximate surface area is 186 Å². The molecule has 34 heavy (non-hydrogen) atoms. The van der Waals surface area contributed by atoms with Crippen molar-refractivity contribution in [1.29, 1.82) is 0 Å². The molecule has 0 radical (unpaired) electrons. The number of hydrogen-bond donors (Lipinski definition) is 0. The molecule has 0 bridgehead atoms. The van der Waals surface area contributed by atoms with Crippen molar-refractivity contribution in [3.8, 4) is 0 Å². The Morgan fingerprint density at radius 1 is 0.382 bits per heavy atom. The maximum Gasteiger partial charge on any atom is 0.384 e. The normalized spacial score (nSPS) is 14.4. The van der Waals surface area contributed by atoms with Crippen molar-refractivity contribution in [2.75, 3.05) is 0 Å². The number of benzene rings is 2. The molecule has 0 aromatic heterocycles. The molecular formula is C22H18F12. The lowest BCUT2D eigenvalue weighted by molar-refractivity contribution is -0.425. The Morgan fingerprint density at radius 3 is 0.912 bits per heavy atom. The largest absolute Gasteiger partial charge is 0.384 e. The van der Waals surface area contributed by atoms with Crippen LogP contribution >= 0.6 is 0 Å². The minimum atomic E-state index is -7.53. The first-order chi connectivity index (χ1) is 15.4. The molecule has 0 fully saturated rings. The molecular weight excluding hydrogens is 492 g/mol. The van der Waals surface area contributed by atoms with Gasteiger partial charge in [0.2, 0.25) is 0 Å². The van der Waals surface area contributed by atoms with E-state index < -0.39 is 61.2 Å². The molecule has 0 amide bonds. The number of aryl methyl sites for hydroxylation is 2. The topological polar surface area (TPSA) is 0 Å². The third-order valence-electron chi connectivity index (χ3n) is 5.24. The maximum atomic E-state index is 14.0. The maximum absolute atomic E-state index is 14.0. The van der Waals surface area contributed by atoms with Crippen molar-refractivity contribution in [2.45, 2.75) is 61.2 Å². The molecule has 190 valence electrons. The smallest absolute Gasteiger partial charge is 0.200 e. The third kappa shape index (κ3) is 4.86. The summed E-state index contributed by atoms with van der Waals surface area (Å²) in [4.78, 5) is 0. The van der Waals surface area contributed by atoms with Crippen LogP contribution in [0.5, 0.6) is 0 Å². The SMILES string of the molecule is FC(F)(CCc1ccccc1)C(F)(F)C(F)(F)C(F)(F)C(F)(F)C(F)(F)CCc1ccccc1. The summed E-state index contributed by atoms with van der Waals surface area (Å²) in [6, 6.07) is 12.5. The zero-order chi connectivity index (χ0) is 26.1. The fourth-order valence-electron chi connectivity index (χ4n) is 3.06. The van der Waals surface area contributed by atoms with E-state index in [2.05, 4.69) is 0 Å². The number of halogens is 12. The highest BCUT2D eigenvalue weighted by atomic mass is 19.4. The van der Waals surface area contributed by atoms with Crippen molar-refractivity contribution < 1.29 is 52.7 Å². The van der Waals surface area contributed by atoms with Gasteiger partial charge in [0.1, 0.15) is 0 Å². The van der Waals surface area contributed by atoms with Gasteiger partial charge < -0.3 is 0 Å². The van der Waals surface area contributed by atoms with Gasteiger partial charge in [0.25, 0.3) is 0 Å². The lowest BCUT2D eigenvalue weighted by Crippen LogP contribution is -2.70. The van der Waals surface area contributed by atoms with Crippen molar-refractivity contribution in [1.82, 2.24) is 0 Å². The highest BCUT2D eigenvalue weighted by molar-refractivity contribution is 5.18. The fraction of sp³-hybridized carbons (Fsp3) is 0.455.